The highest BCUT2D eigenvalue weighted by Crippen LogP contribution is 2.29. The molecule has 13 heteroatoms. The van der Waals surface area contributed by atoms with E-state index in [0.717, 1.165) is 0 Å². The van der Waals surface area contributed by atoms with Gasteiger partial charge in [-0.3, -0.25) is 10.1 Å². The van der Waals surface area contributed by atoms with Crippen LogP contribution in [0.15, 0.2) is 51.2 Å². The zero-order valence-corrected chi connectivity index (χ0v) is 16.9. The smallest absolute Gasteiger partial charge is 0.344 e. The van der Waals surface area contributed by atoms with E-state index in [-0.39, 0.29) is 45.7 Å². The molecule has 0 radical (unpaired) electrons. The average molecular weight is 439 g/mol. The highest BCUT2D eigenvalue weighted by molar-refractivity contribution is 5.99. The number of ether oxygens (including phenoxy) is 2. The van der Waals surface area contributed by atoms with E-state index in [9.17, 15) is 14.9 Å². The maximum Gasteiger partial charge on any atom is 0.344 e. The number of rotatable bonds is 7. The zero-order valence-electron chi connectivity index (χ0n) is 16.9. The summed E-state index contributed by atoms with van der Waals surface area (Å²) in [6.45, 7) is 1.47. The van der Waals surface area contributed by atoms with E-state index in [4.69, 9.17) is 20.9 Å². The van der Waals surface area contributed by atoms with Crippen molar-refractivity contribution in [1.82, 2.24) is 10.3 Å². The van der Waals surface area contributed by atoms with Crippen LogP contribution in [0.1, 0.15) is 27.2 Å². The van der Waals surface area contributed by atoms with E-state index < -0.39 is 10.9 Å². The Morgan fingerprint density at radius 3 is 2.69 bits per heavy atom. The van der Waals surface area contributed by atoms with Gasteiger partial charge in [0.1, 0.15) is 0 Å². The molecule has 3 rings (SSSR count). The molecule has 0 aliphatic rings. The van der Waals surface area contributed by atoms with E-state index in [1.165, 1.54) is 44.5 Å². The Morgan fingerprint density at radius 2 is 2.03 bits per heavy atom. The first-order valence-electron chi connectivity index (χ1n) is 8.91. The fourth-order valence-corrected chi connectivity index (χ4v) is 2.62. The third-order valence-electron chi connectivity index (χ3n) is 4.24. The number of aromatic nitrogens is 2. The lowest BCUT2D eigenvalue weighted by Crippen LogP contribution is -2.15. The molecule has 0 bridgehead atoms. The SMILES string of the molecule is COc1cc(/C=N\N=C(\N)c2nonc2N)ccc1OC(=O)c1cccc([N+](=O)[O-])c1C. The predicted octanol–water partition coefficient (Wildman–Crippen LogP) is 1.84. The Morgan fingerprint density at radius 1 is 1.25 bits per heavy atom. The number of anilines is 1. The van der Waals surface area contributed by atoms with Crippen LogP contribution in [0.4, 0.5) is 11.5 Å². The number of carbonyl (C=O) groups is 1. The highest BCUT2D eigenvalue weighted by Gasteiger charge is 2.20. The van der Waals surface area contributed by atoms with Crippen molar-refractivity contribution in [3.63, 3.8) is 0 Å². The number of esters is 1. The van der Waals surface area contributed by atoms with Crippen LogP contribution in [0.5, 0.6) is 11.5 Å². The summed E-state index contributed by atoms with van der Waals surface area (Å²) < 4.78 is 15.1. The van der Waals surface area contributed by atoms with Gasteiger partial charge < -0.3 is 20.9 Å². The molecule has 0 aliphatic heterocycles. The molecule has 0 fully saturated rings. The minimum absolute atomic E-state index is 0.0201. The Labute approximate surface area is 180 Å². The fourth-order valence-electron chi connectivity index (χ4n) is 2.62. The van der Waals surface area contributed by atoms with Crippen LogP contribution in [-0.4, -0.2) is 40.4 Å². The molecule has 0 atom stereocenters. The minimum Gasteiger partial charge on any atom is -0.493 e. The zero-order chi connectivity index (χ0) is 23.3. The summed E-state index contributed by atoms with van der Waals surface area (Å²) in [6.07, 6.45) is 1.37. The van der Waals surface area contributed by atoms with Crippen molar-refractivity contribution < 1.29 is 23.8 Å². The second kappa shape index (κ2) is 9.34. The number of nitro groups is 1. The van der Waals surface area contributed by atoms with Crippen molar-refractivity contribution in [3.8, 4) is 11.5 Å². The quantitative estimate of drug-likeness (QED) is 0.137. The number of hydrogen-bond acceptors (Lipinski definition) is 11. The summed E-state index contributed by atoms with van der Waals surface area (Å²) in [4.78, 5) is 23.1. The highest BCUT2D eigenvalue weighted by atomic mass is 16.6. The van der Waals surface area contributed by atoms with E-state index in [1.807, 2.05) is 0 Å². The van der Waals surface area contributed by atoms with Gasteiger partial charge in [-0.05, 0) is 47.1 Å². The van der Waals surface area contributed by atoms with Crippen molar-refractivity contribution in [1.29, 1.82) is 0 Å². The molecular formula is C19H17N7O6. The average Bonchev–Trinajstić information content (AvgIpc) is 3.20. The summed E-state index contributed by atoms with van der Waals surface area (Å²) in [5, 5.41) is 25.6. The summed E-state index contributed by atoms with van der Waals surface area (Å²) >= 11 is 0. The Bertz CT molecular complexity index is 1230. The number of nitrogens with two attached hydrogens (primary N) is 2. The lowest BCUT2D eigenvalue weighted by Gasteiger charge is -2.11. The third kappa shape index (κ3) is 4.67. The number of methoxy groups -OCH3 is 1. The molecule has 0 saturated heterocycles. The van der Waals surface area contributed by atoms with Crippen LogP contribution in [0, 0.1) is 17.0 Å². The van der Waals surface area contributed by atoms with Gasteiger partial charge in [0.25, 0.3) is 5.69 Å². The molecule has 4 N–H and O–H groups in total. The Kier molecular flexibility index (Phi) is 6.39. The topological polar surface area (TPSA) is 194 Å². The van der Waals surface area contributed by atoms with E-state index in [0.29, 0.717) is 5.56 Å². The summed E-state index contributed by atoms with van der Waals surface area (Å²) in [5.41, 5.74) is 11.9. The van der Waals surface area contributed by atoms with Gasteiger partial charge in [-0.2, -0.15) is 5.10 Å². The van der Waals surface area contributed by atoms with E-state index >= 15 is 0 Å². The number of nitrogen functional groups attached to an aromatic ring is 1. The van der Waals surface area contributed by atoms with Crippen LogP contribution in [0.2, 0.25) is 0 Å². The first-order chi connectivity index (χ1) is 15.3. The summed E-state index contributed by atoms with van der Waals surface area (Å²) in [5.74, 6) is -0.530. The van der Waals surface area contributed by atoms with Crippen LogP contribution in [0.25, 0.3) is 0 Å². The van der Waals surface area contributed by atoms with Crippen molar-refractivity contribution in [3.05, 3.63) is 68.9 Å². The lowest BCUT2D eigenvalue weighted by molar-refractivity contribution is -0.385. The molecule has 0 spiro atoms. The first kappa shape index (κ1) is 21.9. The van der Waals surface area contributed by atoms with Crippen LogP contribution >= 0.6 is 0 Å². The van der Waals surface area contributed by atoms with E-state index in [1.54, 1.807) is 12.1 Å². The normalized spacial score (nSPS) is 11.5. The van der Waals surface area contributed by atoms with Crippen LogP contribution in [-0.2, 0) is 0 Å². The Hall–Kier alpha value is -4.81. The first-order valence-corrected chi connectivity index (χ1v) is 8.91. The summed E-state index contributed by atoms with van der Waals surface area (Å²) in [6, 6.07) is 8.78. The van der Waals surface area contributed by atoms with Gasteiger partial charge in [-0.25, -0.2) is 9.42 Å². The maximum absolute atomic E-state index is 12.6. The third-order valence-corrected chi connectivity index (χ3v) is 4.24. The molecule has 3 aromatic rings. The van der Waals surface area contributed by atoms with Gasteiger partial charge in [0.15, 0.2) is 28.8 Å². The second-order valence-electron chi connectivity index (χ2n) is 6.23. The van der Waals surface area contributed by atoms with Crippen molar-refractivity contribution in [2.45, 2.75) is 6.92 Å². The van der Waals surface area contributed by atoms with Gasteiger partial charge in [0.2, 0.25) is 0 Å². The summed E-state index contributed by atoms with van der Waals surface area (Å²) in [7, 11) is 1.39. The Balaban J connectivity index is 1.79. The van der Waals surface area contributed by atoms with Crippen LogP contribution in [0.3, 0.4) is 0 Å². The molecule has 1 aromatic heterocycles. The predicted molar refractivity (Wildman–Crippen MR) is 113 cm³/mol. The van der Waals surface area contributed by atoms with Gasteiger partial charge in [0.05, 0.1) is 23.8 Å². The van der Waals surface area contributed by atoms with Crippen molar-refractivity contribution >= 4 is 29.5 Å². The molecule has 164 valence electrons. The second-order valence-corrected chi connectivity index (χ2v) is 6.23. The van der Waals surface area contributed by atoms with Gasteiger partial charge in [-0.1, -0.05) is 6.07 Å². The molecule has 0 saturated carbocycles. The van der Waals surface area contributed by atoms with E-state index in [2.05, 4.69) is 25.1 Å². The van der Waals surface area contributed by atoms with Gasteiger partial charge in [0, 0.05) is 11.6 Å². The molecular weight excluding hydrogens is 422 g/mol. The molecule has 13 nitrogen and oxygen atoms in total. The van der Waals surface area contributed by atoms with Crippen LogP contribution < -0.4 is 20.9 Å². The minimum atomic E-state index is -0.762. The van der Waals surface area contributed by atoms with Crippen molar-refractivity contribution in [2.75, 3.05) is 12.8 Å². The standard InChI is InChI=1S/C19H17N7O6/c1-10-12(4-3-5-13(10)26(28)29)19(27)31-14-7-6-11(8-15(14)30-2)9-22-23-17(20)16-18(21)25-32-24-16/h3-9H,1-2H3,(H2,20,23)(H2,21,25)/b22-9-. The molecule has 32 heavy (non-hydrogen) atoms. The number of benzene rings is 2. The maximum atomic E-state index is 12.6. The van der Waals surface area contributed by atoms with Gasteiger partial charge >= 0.3 is 5.97 Å². The molecule has 0 unspecified atom stereocenters. The monoisotopic (exact) mass is 439 g/mol. The van der Waals surface area contributed by atoms with Crippen molar-refractivity contribution in [2.24, 2.45) is 15.9 Å². The largest absolute Gasteiger partial charge is 0.493 e. The fraction of sp³-hybridized carbons (Fsp3) is 0.105. The number of nitro benzene ring substituents is 1. The molecule has 0 amide bonds. The molecule has 1 heterocycles. The molecule has 0 aliphatic carbocycles. The molecule has 2 aromatic carbocycles. The number of amidine groups is 1. The number of hydrogen-bond donors (Lipinski definition) is 2. The number of nitrogens with zero attached hydrogens (tertiary/aromatic N) is 5. The van der Waals surface area contributed by atoms with Gasteiger partial charge in [-0.15, -0.1) is 5.10 Å². The lowest BCUT2D eigenvalue weighted by atomic mass is 10.1. The number of carbonyl (C=O) groups excluding carboxylic acids is 1.